The van der Waals surface area contributed by atoms with Crippen LogP contribution in [0.1, 0.15) is 133 Å². The van der Waals surface area contributed by atoms with E-state index in [-0.39, 0.29) is 28.4 Å². The lowest BCUT2D eigenvalue weighted by molar-refractivity contribution is -0.145. The number of ketones is 1. The van der Waals surface area contributed by atoms with E-state index in [9.17, 15) is 19.8 Å². The molecular formula is C41H51NO5. The zero-order valence-corrected chi connectivity index (χ0v) is 29.6. The number of rotatable bonds is 3. The molecule has 2 aliphatic heterocycles. The van der Waals surface area contributed by atoms with E-state index >= 15 is 0 Å². The Morgan fingerprint density at radius 3 is 2.43 bits per heavy atom. The highest BCUT2D eigenvalue weighted by atomic mass is 16.5. The maximum Gasteiger partial charge on any atom is 0.192 e. The average Bonchev–Trinajstić information content (AvgIpc) is 3.63. The molecule has 8 rings (SSSR count). The van der Waals surface area contributed by atoms with Crippen LogP contribution in [0.15, 0.2) is 35.9 Å². The van der Waals surface area contributed by atoms with Gasteiger partial charge in [-0.3, -0.25) is 9.59 Å². The Labute approximate surface area is 278 Å². The second-order valence-corrected chi connectivity index (χ2v) is 17.8. The van der Waals surface area contributed by atoms with Crippen molar-refractivity contribution in [1.82, 2.24) is 4.57 Å². The van der Waals surface area contributed by atoms with Gasteiger partial charge in [-0.1, -0.05) is 39.0 Å². The number of allylic oxidation sites excluding steroid dienone is 2. The zero-order valence-electron chi connectivity index (χ0n) is 29.6. The van der Waals surface area contributed by atoms with E-state index < -0.39 is 34.9 Å². The van der Waals surface area contributed by atoms with Gasteiger partial charge >= 0.3 is 0 Å². The van der Waals surface area contributed by atoms with E-state index in [1.54, 1.807) is 0 Å². The Morgan fingerprint density at radius 1 is 1.06 bits per heavy atom. The van der Waals surface area contributed by atoms with E-state index in [0.29, 0.717) is 23.5 Å². The number of aliphatic hydroxyl groups is 2. The Morgan fingerprint density at radius 2 is 1.77 bits per heavy atom. The SMILES string of the molecule is C=C(C)[C@H]1C(=O)c2c3c(cc4c5c(n1c24)[C@@]1(C)[C@@H](CC[C@H]2[C@](C)(/C=C(\C)C=O)[C@@H](O)CC[C@@]21C)C5)C1=CC(C)(C)OC(C)(C)[C@H]1[C@@H]3O. The van der Waals surface area contributed by atoms with E-state index in [2.05, 4.69) is 71.8 Å². The summed E-state index contributed by atoms with van der Waals surface area (Å²) in [5, 5.41) is 24.8. The first-order valence-electron chi connectivity index (χ1n) is 17.7. The summed E-state index contributed by atoms with van der Waals surface area (Å²) in [5.41, 5.74) is 6.45. The molecule has 2 aromatic rings. The van der Waals surface area contributed by atoms with Crippen LogP contribution in [0.25, 0.3) is 16.5 Å². The van der Waals surface area contributed by atoms with Gasteiger partial charge in [0.2, 0.25) is 0 Å². The number of aromatic nitrogens is 1. The molecule has 6 nitrogen and oxygen atoms in total. The largest absolute Gasteiger partial charge is 0.392 e. The lowest BCUT2D eigenvalue weighted by Crippen LogP contribution is -2.62. The van der Waals surface area contributed by atoms with Crippen LogP contribution in [0.3, 0.4) is 0 Å². The molecule has 2 N–H and O–H groups in total. The third-order valence-electron chi connectivity index (χ3n) is 14.3. The fourth-order valence-electron chi connectivity index (χ4n) is 12.6. The van der Waals surface area contributed by atoms with Crippen molar-refractivity contribution in [3.63, 3.8) is 0 Å². The summed E-state index contributed by atoms with van der Waals surface area (Å²) in [6.07, 6.45) is 8.26. The molecule has 0 radical (unpaired) electrons. The number of ether oxygens (including phenoxy) is 1. The van der Waals surface area contributed by atoms with Gasteiger partial charge in [-0.15, -0.1) is 0 Å². The van der Waals surface area contributed by atoms with Crippen LogP contribution in [0, 0.1) is 28.6 Å². The minimum atomic E-state index is -0.846. The Bertz CT molecular complexity index is 1890. The first-order chi connectivity index (χ1) is 21.8. The topological polar surface area (TPSA) is 88.8 Å². The second-order valence-electron chi connectivity index (χ2n) is 17.8. The zero-order chi connectivity index (χ0) is 34.0. The maximum absolute atomic E-state index is 14.8. The molecule has 0 unspecified atom stereocenters. The molecule has 6 heteroatoms. The van der Waals surface area contributed by atoms with Gasteiger partial charge < -0.3 is 19.5 Å². The third-order valence-corrected chi connectivity index (χ3v) is 14.3. The van der Waals surface area contributed by atoms with Crippen molar-refractivity contribution >= 4 is 28.5 Å². The number of fused-ring (bicyclic) bond motifs is 11. The molecule has 4 aliphatic carbocycles. The van der Waals surface area contributed by atoms with E-state index in [1.807, 2.05) is 19.9 Å². The van der Waals surface area contributed by atoms with Crippen molar-refractivity contribution in [2.45, 2.75) is 129 Å². The van der Waals surface area contributed by atoms with Crippen molar-refractivity contribution in [3.05, 3.63) is 63.9 Å². The van der Waals surface area contributed by atoms with Gasteiger partial charge in [0.25, 0.3) is 0 Å². The van der Waals surface area contributed by atoms with E-state index in [0.717, 1.165) is 65.1 Å². The van der Waals surface area contributed by atoms with Crippen LogP contribution >= 0.6 is 0 Å². The smallest absolute Gasteiger partial charge is 0.192 e. The Kier molecular flexibility index (Phi) is 6.19. The molecule has 2 fully saturated rings. The van der Waals surface area contributed by atoms with Gasteiger partial charge in [0.15, 0.2) is 5.78 Å². The predicted octanol–water partition coefficient (Wildman–Crippen LogP) is 7.74. The normalized spacial score (nSPS) is 40.8. The minimum absolute atomic E-state index is 0.0337. The molecule has 0 spiro atoms. The van der Waals surface area contributed by atoms with Gasteiger partial charge in [0.05, 0.1) is 34.5 Å². The van der Waals surface area contributed by atoms with Crippen LogP contribution in [0.5, 0.6) is 0 Å². The molecule has 0 saturated heterocycles. The summed E-state index contributed by atoms with van der Waals surface area (Å²) in [4.78, 5) is 26.6. The highest BCUT2D eigenvalue weighted by Crippen LogP contribution is 2.71. The summed E-state index contributed by atoms with van der Waals surface area (Å²) >= 11 is 0. The highest BCUT2D eigenvalue weighted by Gasteiger charge is 2.68. The third kappa shape index (κ3) is 3.58. The number of Topliss-reactive ketones (excluding diaryl/α,β-unsaturated/α-hetero) is 1. The molecule has 3 heterocycles. The number of carbonyl (C=O) groups excluding carboxylic acids is 2. The molecule has 47 heavy (non-hydrogen) atoms. The van der Waals surface area contributed by atoms with Crippen molar-refractivity contribution in [3.8, 4) is 0 Å². The summed E-state index contributed by atoms with van der Waals surface area (Å²) in [5.74, 6) is 0.331. The highest BCUT2D eigenvalue weighted by molar-refractivity contribution is 6.18. The molecule has 0 bridgehead atoms. The number of hydrogen-bond acceptors (Lipinski definition) is 5. The Hall–Kier alpha value is -2.80. The van der Waals surface area contributed by atoms with Crippen molar-refractivity contribution in [2.24, 2.45) is 28.6 Å². The van der Waals surface area contributed by atoms with Crippen LogP contribution in [0.4, 0.5) is 0 Å². The maximum atomic E-state index is 14.8. The number of aliphatic hydroxyl groups excluding tert-OH is 2. The van der Waals surface area contributed by atoms with Gasteiger partial charge in [0.1, 0.15) is 12.3 Å². The van der Waals surface area contributed by atoms with Crippen LogP contribution in [0.2, 0.25) is 0 Å². The number of hydrogen-bond donors (Lipinski definition) is 2. The monoisotopic (exact) mass is 637 g/mol. The fourth-order valence-corrected chi connectivity index (χ4v) is 12.6. The fraction of sp³-hybridized carbons (Fsp3) is 0.610. The number of nitrogens with zero attached hydrogens (tertiary/aromatic N) is 1. The lowest BCUT2D eigenvalue weighted by Gasteiger charge is -2.64. The first kappa shape index (κ1) is 31.5. The molecule has 6 aliphatic rings. The number of benzene rings is 1. The molecule has 9 atom stereocenters. The number of aldehydes is 1. The second kappa shape index (κ2) is 9.25. The molecular weight excluding hydrogens is 586 g/mol. The van der Waals surface area contributed by atoms with Gasteiger partial charge in [-0.25, -0.2) is 0 Å². The van der Waals surface area contributed by atoms with Crippen LogP contribution < -0.4 is 0 Å². The first-order valence-corrected chi connectivity index (χ1v) is 17.7. The summed E-state index contributed by atoms with van der Waals surface area (Å²) < 4.78 is 8.86. The minimum Gasteiger partial charge on any atom is -0.392 e. The van der Waals surface area contributed by atoms with Gasteiger partial charge in [-0.05, 0) is 125 Å². The van der Waals surface area contributed by atoms with Crippen molar-refractivity contribution in [2.75, 3.05) is 0 Å². The van der Waals surface area contributed by atoms with Crippen molar-refractivity contribution < 1.29 is 24.5 Å². The lowest BCUT2D eigenvalue weighted by atomic mass is 9.40. The summed E-state index contributed by atoms with van der Waals surface area (Å²) in [7, 11) is 0. The molecule has 1 aromatic carbocycles. The quantitative estimate of drug-likeness (QED) is 0.204. The number of carbonyl (C=O) groups is 2. The molecule has 1 aromatic heterocycles. The van der Waals surface area contributed by atoms with Crippen LogP contribution in [-0.4, -0.2) is 44.2 Å². The average molecular weight is 638 g/mol. The van der Waals surface area contributed by atoms with E-state index in [1.165, 1.54) is 11.3 Å². The summed E-state index contributed by atoms with van der Waals surface area (Å²) in [6, 6.07) is 1.78. The Balaban J connectivity index is 1.41. The van der Waals surface area contributed by atoms with Gasteiger partial charge in [0, 0.05) is 33.4 Å². The van der Waals surface area contributed by atoms with Gasteiger partial charge in [-0.2, -0.15) is 0 Å². The predicted molar refractivity (Wildman–Crippen MR) is 184 cm³/mol. The molecule has 250 valence electrons. The van der Waals surface area contributed by atoms with Crippen LogP contribution in [-0.2, 0) is 21.4 Å². The summed E-state index contributed by atoms with van der Waals surface area (Å²) in [6.45, 7) is 23.5. The molecule has 0 amide bonds. The molecule has 2 saturated carbocycles. The van der Waals surface area contributed by atoms with Crippen molar-refractivity contribution in [1.29, 1.82) is 0 Å². The standard InChI is InChI=1S/C41H51NO5/c1-20(2)32-35(46)30-29-23(26-18-37(4,5)47-38(6,7)31(26)34(29)45)16-24-25-15-22-11-12-27-39(8,17-21(3)19-43)28(44)13-14-40(27,9)41(22,10)36(25)42(32)33(24)30/h16-19,22,27-28,31-32,34,44-45H,1,11-15H2,2-10H3/b21-17+/t22-,27-,28-,31+,32-,34+,39-,40-,41+/m0/s1. The van der Waals surface area contributed by atoms with E-state index in [4.69, 9.17) is 4.74 Å².